The first-order valence-electron chi connectivity index (χ1n) is 6.44. The zero-order valence-electron chi connectivity index (χ0n) is 12.0. The van der Waals surface area contributed by atoms with E-state index in [2.05, 4.69) is 11.6 Å². The van der Waals surface area contributed by atoms with Crippen LogP contribution in [-0.4, -0.2) is 33.1 Å². The van der Waals surface area contributed by atoms with Crippen molar-refractivity contribution in [3.05, 3.63) is 18.2 Å². The summed E-state index contributed by atoms with van der Waals surface area (Å²) in [7, 11) is -2.17. The lowest BCUT2D eigenvalue weighted by Crippen LogP contribution is -2.33. The van der Waals surface area contributed by atoms with Crippen molar-refractivity contribution in [2.45, 2.75) is 31.2 Å². The van der Waals surface area contributed by atoms with Crippen LogP contribution in [0, 0.1) is 0 Å². The quantitative estimate of drug-likeness (QED) is 0.566. The van der Waals surface area contributed by atoms with Crippen molar-refractivity contribution >= 4 is 27.5 Å². The molecule has 114 valence electrons. The van der Waals surface area contributed by atoms with Gasteiger partial charge in [0.05, 0.1) is 7.11 Å². The fraction of sp³-hybridized carbons (Fsp3) is 0.538. The number of nitrogens with one attached hydrogen (secondary N) is 1. The molecule has 0 aliphatic rings. The number of thioether (sulfide) groups is 1. The Labute approximate surface area is 125 Å². The maximum Gasteiger partial charge on any atom is 0.244 e. The van der Waals surface area contributed by atoms with Gasteiger partial charge in [-0.05, 0) is 37.0 Å². The minimum Gasteiger partial charge on any atom is -0.495 e. The highest BCUT2D eigenvalue weighted by molar-refractivity contribution is 7.99. The number of rotatable bonds is 8. The van der Waals surface area contributed by atoms with Crippen molar-refractivity contribution in [1.82, 2.24) is 4.72 Å². The van der Waals surface area contributed by atoms with Gasteiger partial charge in [-0.25, -0.2) is 13.1 Å². The minimum absolute atomic E-state index is 0.115. The van der Waals surface area contributed by atoms with Gasteiger partial charge in [0, 0.05) is 17.8 Å². The van der Waals surface area contributed by atoms with E-state index in [1.807, 2.05) is 6.92 Å². The van der Waals surface area contributed by atoms with E-state index < -0.39 is 10.0 Å². The lowest BCUT2D eigenvalue weighted by atomic mass is 10.3. The van der Waals surface area contributed by atoms with Gasteiger partial charge in [-0.2, -0.15) is 11.8 Å². The molecule has 1 unspecified atom stereocenters. The number of nitrogen functional groups attached to an aromatic ring is 1. The number of methoxy groups -OCH3 is 1. The number of benzene rings is 1. The summed E-state index contributed by atoms with van der Waals surface area (Å²) in [5.41, 5.74) is 6.10. The predicted molar refractivity (Wildman–Crippen MR) is 84.8 cm³/mol. The standard InChI is InChI=1S/C13H22N2O3S2/c1-4-19-8-7-10(2)15-20(16,17)13-6-5-11(14)9-12(13)18-3/h5-6,9-10,15H,4,7-8,14H2,1-3H3. The molecule has 0 aliphatic heterocycles. The third-order valence-corrected chi connectivity index (χ3v) is 5.29. The molecule has 0 spiro atoms. The molecule has 0 heterocycles. The van der Waals surface area contributed by atoms with Gasteiger partial charge in [0.15, 0.2) is 0 Å². The van der Waals surface area contributed by atoms with Crippen LogP contribution in [0.2, 0.25) is 0 Å². The van der Waals surface area contributed by atoms with Crippen molar-refractivity contribution in [2.75, 3.05) is 24.3 Å². The molecule has 7 heteroatoms. The number of nitrogens with two attached hydrogens (primary N) is 1. The van der Waals surface area contributed by atoms with Crippen LogP contribution in [0.25, 0.3) is 0 Å². The van der Waals surface area contributed by atoms with Gasteiger partial charge in [-0.15, -0.1) is 0 Å². The second-order valence-corrected chi connectivity index (χ2v) is 7.49. The fourth-order valence-electron chi connectivity index (χ4n) is 1.70. The molecule has 0 aliphatic carbocycles. The number of hydrogen-bond donors (Lipinski definition) is 2. The van der Waals surface area contributed by atoms with Crippen LogP contribution in [0.4, 0.5) is 5.69 Å². The zero-order chi connectivity index (χ0) is 15.2. The van der Waals surface area contributed by atoms with Crippen LogP contribution in [0.15, 0.2) is 23.1 Å². The summed E-state index contributed by atoms with van der Waals surface area (Å²) in [4.78, 5) is 0.115. The van der Waals surface area contributed by atoms with Gasteiger partial charge < -0.3 is 10.5 Å². The van der Waals surface area contributed by atoms with Gasteiger partial charge in [0.25, 0.3) is 0 Å². The molecule has 0 bridgehead atoms. The molecule has 1 aromatic carbocycles. The van der Waals surface area contributed by atoms with Crippen molar-refractivity contribution in [2.24, 2.45) is 0 Å². The molecular formula is C13H22N2O3S2. The van der Waals surface area contributed by atoms with E-state index >= 15 is 0 Å². The van der Waals surface area contributed by atoms with Gasteiger partial charge in [0.1, 0.15) is 10.6 Å². The maximum atomic E-state index is 12.3. The van der Waals surface area contributed by atoms with Gasteiger partial charge in [0.2, 0.25) is 10.0 Å². The summed E-state index contributed by atoms with van der Waals surface area (Å²) in [6.45, 7) is 3.94. The predicted octanol–water partition coefficient (Wildman–Crippen LogP) is 2.09. The third kappa shape index (κ3) is 4.88. The van der Waals surface area contributed by atoms with Crippen LogP contribution in [0.1, 0.15) is 20.3 Å². The highest BCUT2D eigenvalue weighted by Crippen LogP contribution is 2.26. The Kier molecular flexibility index (Phi) is 6.64. The number of hydrogen-bond acceptors (Lipinski definition) is 5. The van der Waals surface area contributed by atoms with Crippen LogP contribution in [0.3, 0.4) is 0 Å². The molecule has 0 radical (unpaired) electrons. The maximum absolute atomic E-state index is 12.3. The van der Waals surface area contributed by atoms with Gasteiger partial charge in [-0.1, -0.05) is 6.92 Å². The van der Waals surface area contributed by atoms with Crippen LogP contribution >= 0.6 is 11.8 Å². The second-order valence-electron chi connectivity index (χ2n) is 4.42. The van der Waals surface area contributed by atoms with Crippen LogP contribution in [0.5, 0.6) is 5.75 Å². The summed E-state index contributed by atoms with van der Waals surface area (Å²) in [6, 6.07) is 4.39. The molecule has 0 aromatic heterocycles. The summed E-state index contributed by atoms with van der Waals surface area (Å²) < 4.78 is 32.4. The molecule has 0 amide bonds. The molecule has 1 aromatic rings. The average Bonchev–Trinajstić information content (AvgIpc) is 2.37. The van der Waals surface area contributed by atoms with E-state index in [0.29, 0.717) is 5.69 Å². The minimum atomic E-state index is -3.60. The van der Waals surface area contributed by atoms with Crippen molar-refractivity contribution in [1.29, 1.82) is 0 Å². The lowest BCUT2D eigenvalue weighted by molar-refractivity contribution is 0.402. The van der Waals surface area contributed by atoms with Crippen molar-refractivity contribution in [3.63, 3.8) is 0 Å². The summed E-state index contributed by atoms with van der Waals surface area (Å²) in [6.07, 6.45) is 0.787. The monoisotopic (exact) mass is 318 g/mol. The first kappa shape index (κ1) is 17.1. The molecule has 20 heavy (non-hydrogen) atoms. The second kappa shape index (κ2) is 7.75. The van der Waals surface area contributed by atoms with Crippen LogP contribution < -0.4 is 15.2 Å². The Balaban J connectivity index is 2.83. The number of anilines is 1. The van der Waals surface area contributed by atoms with E-state index in [4.69, 9.17) is 10.5 Å². The Morgan fingerprint density at radius 3 is 2.75 bits per heavy atom. The Morgan fingerprint density at radius 1 is 1.45 bits per heavy atom. The average molecular weight is 318 g/mol. The molecule has 0 fully saturated rings. The van der Waals surface area contributed by atoms with Crippen molar-refractivity contribution < 1.29 is 13.2 Å². The van der Waals surface area contributed by atoms with E-state index in [1.54, 1.807) is 17.8 Å². The summed E-state index contributed by atoms with van der Waals surface area (Å²) in [5.74, 6) is 2.22. The first-order valence-corrected chi connectivity index (χ1v) is 9.08. The van der Waals surface area contributed by atoms with Gasteiger partial charge in [-0.3, -0.25) is 0 Å². The summed E-state index contributed by atoms with van der Waals surface area (Å²) in [5, 5.41) is 0. The molecule has 3 N–H and O–H groups in total. The molecular weight excluding hydrogens is 296 g/mol. The van der Waals surface area contributed by atoms with Crippen LogP contribution in [-0.2, 0) is 10.0 Å². The highest BCUT2D eigenvalue weighted by atomic mass is 32.2. The molecule has 1 atom stereocenters. The van der Waals surface area contributed by atoms with E-state index in [0.717, 1.165) is 17.9 Å². The smallest absolute Gasteiger partial charge is 0.244 e. The third-order valence-electron chi connectivity index (χ3n) is 2.73. The van der Waals surface area contributed by atoms with Crippen molar-refractivity contribution in [3.8, 4) is 5.75 Å². The van der Waals surface area contributed by atoms with Gasteiger partial charge >= 0.3 is 0 Å². The SMILES string of the molecule is CCSCCC(C)NS(=O)(=O)c1ccc(N)cc1OC. The molecule has 0 saturated heterocycles. The topological polar surface area (TPSA) is 81.4 Å². The lowest BCUT2D eigenvalue weighted by Gasteiger charge is -2.16. The Hall–Kier alpha value is -0.920. The number of ether oxygens (including phenoxy) is 1. The van der Waals surface area contributed by atoms with E-state index in [-0.39, 0.29) is 16.7 Å². The molecule has 0 saturated carbocycles. The molecule has 1 rings (SSSR count). The zero-order valence-corrected chi connectivity index (χ0v) is 13.7. The van der Waals surface area contributed by atoms with E-state index in [9.17, 15) is 8.42 Å². The first-order chi connectivity index (χ1) is 9.40. The molecule has 5 nitrogen and oxygen atoms in total. The Morgan fingerprint density at radius 2 is 2.15 bits per heavy atom. The number of sulfonamides is 1. The fourth-order valence-corrected chi connectivity index (χ4v) is 3.94. The largest absolute Gasteiger partial charge is 0.495 e. The Bertz CT molecular complexity index is 532. The summed E-state index contributed by atoms with van der Waals surface area (Å²) >= 11 is 1.79. The van der Waals surface area contributed by atoms with E-state index in [1.165, 1.54) is 19.2 Å². The highest BCUT2D eigenvalue weighted by Gasteiger charge is 2.21. The normalized spacial score (nSPS) is 13.2.